The number of morpholine rings is 1. The van der Waals surface area contributed by atoms with E-state index < -0.39 is 0 Å². The Labute approximate surface area is 103 Å². The lowest BCUT2D eigenvalue weighted by atomic mass is 10.2. The van der Waals surface area contributed by atoms with Gasteiger partial charge in [-0.3, -0.25) is 4.79 Å². The molecule has 1 aliphatic heterocycles. The van der Waals surface area contributed by atoms with E-state index in [1.54, 1.807) is 10.4 Å². The Kier molecular flexibility index (Phi) is 3.78. The minimum Gasteiger partial charge on any atom is -0.377 e. The van der Waals surface area contributed by atoms with Gasteiger partial charge in [0, 0.05) is 12.4 Å². The molecular weight excluding hydrogens is 248 g/mol. The van der Waals surface area contributed by atoms with E-state index >= 15 is 0 Å². The van der Waals surface area contributed by atoms with E-state index in [1.807, 2.05) is 6.92 Å². The van der Waals surface area contributed by atoms with Crippen LogP contribution in [0.2, 0.25) is 0 Å². The first-order valence-corrected chi connectivity index (χ1v) is 6.50. The fourth-order valence-corrected chi connectivity index (χ4v) is 2.70. The maximum absolute atomic E-state index is 12.2. The minimum absolute atomic E-state index is 0.0222. The lowest BCUT2D eigenvalue weighted by Gasteiger charge is -2.34. The zero-order valence-electron chi connectivity index (χ0n) is 8.98. The van der Waals surface area contributed by atoms with Gasteiger partial charge in [-0.05, 0) is 6.92 Å². The lowest BCUT2D eigenvalue weighted by Crippen LogP contribution is -2.49. The number of nitrogens with zero attached hydrogens (tertiary/aromatic N) is 2. The summed E-state index contributed by atoms with van der Waals surface area (Å²) in [7, 11) is 0. The van der Waals surface area contributed by atoms with Crippen molar-refractivity contribution in [2.75, 3.05) is 25.6 Å². The molecule has 6 heteroatoms. The Morgan fingerprint density at radius 3 is 3.25 bits per heavy atom. The summed E-state index contributed by atoms with van der Waals surface area (Å²) in [6.07, 6.45) is 0. The highest BCUT2D eigenvalue weighted by Gasteiger charge is 2.29. The second-order valence-electron chi connectivity index (χ2n) is 3.65. The average molecular weight is 261 g/mol. The molecule has 1 saturated heterocycles. The smallest absolute Gasteiger partial charge is 0.266 e. The molecule has 2 heterocycles. The summed E-state index contributed by atoms with van der Waals surface area (Å²) in [5.74, 6) is 0.429. The second-order valence-corrected chi connectivity index (χ2v) is 4.81. The van der Waals surface area contributed by atoms with Gasteiger partial charge in [-0.25, -0.2) is 4.98 Å². The molecule has 2 rings (SSSR count). The van der Waals surface area contributed by atoms with Crippen molar-refractivity contribution in [1.29, 1.82) is 0 Å². The Morgan fingerprint density at radius 1 is 1.81 bits per heavy atom. The van der Waals surface area contributed by atoms with Crippen LogP contribution in [0.1, 0.15) is 15.4 Å². The predicted octanol–water partition coefficient (Wildman–Crippen LogP) is 1.53. The van der Waals surface area contributed by atoms with E-state index in [4.69, 9.17) is 16.3 Å². The third-order valence-corrected chi connectivity index (χ3v) is 3.88. The number of aromatic nitrogens is 1. The van der Waals surface area contributed by atoms with Gasteiger partial charge in [-0.15, -0.1) is 22.9 Å². The second kappa shape index (κ2) is 5.12. The van der Waals surface area contributed by atoms with Gasteiger partial charge in [0.2, 0.25) is 0 Å². The van der Waals surface area contributed by atoms with E-state index in [0.717, 1.165) is 5.69 Å². The summed E-state index contributed by atoms with van der Waals surface area (Å²) in [5, 5.41) is 0. The van der Waals surface area contributed by atoms with Crippen molar-refractivity contribution in [2.45, 2.75) is 13.0 Å². The van der Waals surface area contributed by atoms with E-state index in [9.17, 15) is 4.79 Å². The third kappa shape index (κ3) is 2.21. The van der Waals surface area contributed by atoms with Crippen molar-refractivity contribution in [3.8, 4) is 0 Å². The molecule has 1 aromatic rings. The molecule has 1 unspecified atom stereocenters. The molecule has 4 nitrogen and oxygen atoms in total. The first kappa shape index (κ1) is 11.8. The van der Waals surface area contributed by atoms with Crippen LogP contribution >= 0.6 is 22.9 Å². The number of amides is 1. The number of hydrogen-bond acceptors (Lipinski definition) is 4. The summed E-state index contributed by atoms with van der Waals surface area (Å²) in [6, 6.07) is -0.0237. The molecule has 1 atom stereocenters. The molecule has 1 fully saturated rings. The number of thiazole rings is 1. The molecule has 0 N–H and O–H groups in total. The van der Waals surface area contributed by atoms with Gasteiger partial charge in [0.25, 0.3) is 5.91 Å². The number of aryl methyl sites for hydroxylation is 1. The topological polar surface area (TPSA) is 42.4 Å². The lowest BCUT2D eigenvalue weighted by molar-refractivity contribution is 0.00478. The number of alkyl halides is 1. The van der Waals surface area contributed by atoms with Crippen LogP contribution in [0.5, 0.6) is 0 Å². The number of halogens is 1. The van der Waals surface area contributed by atoms with Crippen molar-refractivity contribution in [3.05, 3.63) is 16.1 Å². The van der Waals surface area contributed by atoms with Crippen molar-refractivity contribution < 1.29 is 9.53 Å². The van der Waals surface area contributed by atoms with Crippen LogP contribution in [0, 0.1) is 6.92 Å². The molecule has 16 heavy (non-hydrogen) atoms. The number of ether oxygens (including phenoxy) is 1. The van der Waals surface area contributed by atoms with Gasteiger partial charge in [-0.1, -0.05) is 0 Å². The van der Waals surface area contributed by atoms with Gasteiger partial charge >= 0.3 is 0 Å². The van der Waals surface area contributed by atoms with E-state index in [1.165, 1.54) is 11.3 Å². The standard InChI is InChI=1S/C10H13ClN2O2S/c1-7-9(16-6-12-7)10(14)13-2-3-15-5-8(13)4-11/h6,8H,2-5H2,1H3. The van der Waals surface area contributed by atoms with Crippen LogP contribution in [-0.2, 0) is 4.74 Å². The first-order chi connectivity index (χ1) is 7.74. The molecule has 0 saturated carbocycles. The van der Waals surface area contributed by atoms with Gasteiger partial charge < -0.3 is 9.64 Å². The molecule has 0 bridgehead atoms. The van der Waals surface area contributed by atoms with Crippen LogP contribution in [-0.4, -0.2) is 47.5 Å². The number of carbonyl (C=O) groups excluding carboxylic acids is 1. The van der Waals surface area contributed by atoms with Gasteiger partial charge in [0.05, 0.1) is 30.5 Å². The van der Waals surface area contributed by atoms with Gasteiger partial charge in [0.1, 0.15) is 4.88 Å². The zero-order chi connectivity index (χ0) is 11.5. The fourth-order valence-electron chi connectivity index (χ4n) is 1.69. The summed E-state index contributed by atoms with van der Waals surface area (Å²) in [6.45, 7) is 3.55. The summed E-state index contributed by atoms with van der Waals surface area (Å²) >= 11 is 7.21. The largest absolute Gasteiger partial charge is 0.377 e. The average Bonchev–Trinajstić information content (AvgIpc) is 2.74. The van der Waals surface area contributed by atoms with Crippen molar-refractivity contribution in [2.24, 2.45) is 0 Å². The Hall–Kier alpha value is -0.650. The van der Waals surface area contributed by atoms with E-state index in [2.05, 4.69) is 4.98 Å². The van der Waals surface area contributed by atoms with Crippen LogP contribution in [0.15, 0.2) is 5.51 Å². The maximum Gasteiger partial charge on any atom is 0.266 e. The number of carbonyl (C=O) groups is 1. The SMILES string of the molecule is Cc1ncsc1C(=O)N1CCOCC1CCl. The fraction of sp³-hybridized carbons (Fsp3) is 0.600. The van der Waals surface area contributed by atoms with Crippen molar-refractivity contribution in [1.82, 2.24) is 9.88 Å². The molecule has 0 aromatic carbocycles. The first-order valence-electron chi connectivity index (χ1n) is 5.08. The summed E-state index contributed by atoms with van der Waals surface area (Å²) in [4.78, 5) is 18.8. The number of hydrogen-bond donors (Lipinski definition) is 0. The van der Waals surface area contributed by atoms with E-state index in [-0.39, 0.29) is 11.9 Å². The van der Waals surface area contributed by atoms with Gasteiger partial charge in [-0.2, -0.15) is 0 Å². The van der Waals surface area contributed by atoms with Gasteiger partial charge in [0.15, 0.2) is 0 Å². The highest BCUT2D eigenvalue weighted by atomic mass is 35.5. The maximum atomic E-state index is 12.2. The minimum atomic E-state index is -0.0237. The highest BCUT2D eigenvalue weighted by Crippen LogP contribution is 2.18. The Balaban J connectivity index is 2.17. The molecular formula is C10H13ClN2O2S. The normalized spacial score (nSPS) is 21.1. The molecule has 0 spiro atoms. The molecule has 1 aromatic heterocycles. The molecule has 88 valence electrons. The van der Waals surface area contributed by atoms with Crippen molar-refractivity contribution in [3.63, 3.8) is 0 Å². The summed E-state index contributed by atoms with van der Waals surface area (Å²) < 4.78 is 5.31. The van der Waals surface area contributed by atoms with Crippen LogP contribution in [0.3, 0.4) is 0 Å². The van der Waals surface area contributed by atoms with Crippen LogP contribution in [0.25, 0.3) is 0 Å². The third-order valence-electron chi connectivity index (χ3n) is 2.61. The van der Waals surface area contributed by atoms with Crippen LogP contribution < -0.4 is 0 Å². The Bertz CT molecular complexity index is 383. The zero-order valence-corrected chi connectivity index (χ0v) is 10.6. The molecule has 1 amide bonds. The quantitative estimate of drug-likeness (QED) is 0.758. The van der Waals surface area contributed by atoms with Crippen molar-refractivity contribution >= 4 is 28.8 Å². The molecule has 0 radical (unpaired) electrons. The molecule has 1 aliphatic rings. The highest BCUT2D eigenvalue weighted by molar-refractivity contribution is 7.11. The summed E-state index contributed by atoms with van der Waals surface area (Å²) in [5.41, 5.74) is 2.48. The Morgan fingerprint density at radius 2 is 2.62 bits per heavy atom. The van der Waals surface area contributed by atoms with E-state index in [0.29, 0.717) is 30.5 Å². The van der Waals surface area contributed by atoms with Crippen LogP contribution in [0.4, 0.5) is 0 Å². The molecule has 0 aliphatic carbocycles. The monoisotopic (exact) mass is 260 g/mol. The predicted molar refractivity (Wildman–Crippen MR) is 63.2 cm³/mol. The number of rotatable bonds is 2.